The first-order chi connectivity index (χ1) is 8.13. The first-order valence-electron chi connectivity index (χ1n) is 7.30. The zero-order valence-electron chi connectivity index (χ0n) is 11.8. The zero-order valence-corrected chi connectivity index (χ0v) is 11.8. The second kappa shape index (κ2) is 5.68. The van der Waals surface area contributed by atoms with E-state index in [1.54, 1.807) is 0 Å². The van der Waals surface area contributed by atoms with Crippen molar-refractivity contribution in [3.8, 4) is 0 Å². The molecule has 0 aromatic carbocycles. The molecular formula is C14H29N3. The number of hydrogen-bond donors (Lipinski definition) is 1. The molecule has 0 bridgehead atoms. The molecule has 2 fully saturated rings. The van der Waals surface area contributed by atoms with Gasteiger partial charge in [0.05, 0.1) is 0 Å². The molecule has 2 rings (SSSR count). The standard InChI is InChI=1S/C14H29N3/c1-4-13(2)17-9-7-16(8-10-17)12-14(3)5-6-15-11-14/h13,15H,4-12H2,1-3H3. The van der Waals surface area contributed by atoms with Crippen LogP contribution in [-0.2, 0) is 0 Å². The summed E-state index contributed by atoms with van der Waals surface area (Å²) in [6.45, 7) is 15.8. The molecule has 2 aliphatic heterocycles. The quantitative estimate of drug-likeness (QED) is 0.800. The maximum absolute atomic E-state index is 3.50. The van der Waals surface area contributed by atoms with Crippen LogP contribution < -0.4 is 5.32 Å². The summed E-state index contributed by atoms with van der Waals surface area (Å²) in [6, 6.07) is 0.765. The Labute approximate surface area is 107 Å². The molecule has 0 amide bonds. The van der Waals surface area contributed by atoms with Crippen molar-refractivity contribution in [2.24, 2.45) is 5.41 Å². The van der Waals surface area contributed by atoms with Gasteiger partial charge in [-0.05, 0) is 31.7 Å². The number of rotatable bonds is 4. The fourth-order valence-corrected chi connectivity index (χ4v) is 3.16. The van der Waals surface area contributed by atoms with Crippen LogP contribution in [0.25, 0.3) is 0 Å². The molecule has 0 aliphatic carbocycles. The maximum atomic E-state index is 3.50. The van der Waals surface area contributed by atoms with E-state index in [1.807, 2.05) is 0 Å². The molecule has 100 valence electrons. The van der Waals surface area contributed by atoms with Gasteiger partial charge < -0.3 is 10.2 Å². The molecule has 2 saturated heterocycles. The van der Waals surface area contributed by atoms with Crippen LogP contribution in [0.15, 0.2) is 0 Å². The fourth-order valence-electron chi connectivity index (χ4n) is 3.16. The number of nitrogens with zero attached hydrogens (tertiary/aromatic N) is 2. The Hall–Kier alpha value is -0.120. The van der Waals surface area contributed by atoms with Gasteiger partial charge in [0.15, 0.2) is 0 Å². The van der Waals surface area contributed by atoms with Crippen LogP contribution in [0.3, 0.4) is 0 Å². The zero-order chi connectivity index (χ0) is 12.3. The van der Waals surface area contributed by atoms with Gasteiger partial charge in [0.2, 0.25) is 0 Å². The van der Waals surface area contributed by atoms with Gasteiger partial charge in [-0.15, -0.1) is 0 Å². The van der Waals surface area contributed by atoms with Crippen molar-refractivity contribution in [3.05, 3.63) is 0 Å². The van der Waals surface area contributed by atoms with Gasteiger partial charge in [-0.25, -0.2) is 0 Å². The molecule has 0 radical (unpaired) electrons. The molecule has 0 spiro atoms. The maximum Gasteiger partial charge on any atom is 0.0113 e. The minimum absolute atomic E-state index is 0.526. The monoisotopic (exact) mass is 239 g/mol. The van der Waals surface area contributed by atoms with Gasteiger partial charge in [0, 0.05) is 45.3 Å². The largest absolute Gasteiger partial charge is 0.316 e. The SMILES string of the molecule is CCC(C)N1CCN(CC2(C)CCNC2)CC1. The van der Waals surface area contributed by atoms with Gasteiger partial charge in [-0.2, -0.15) is 0 Å². The third-order valence-electron chi connectivity index (χ3n) is 4.68. The van der Waals surface area contributed by atoms with E-state index in [1.165, 1.54) is 58.7 Å². The molecule has 17 heavy (non-hydrogen) atoms. The lowest BCUT2D eigenvalue weighted by atomic mass is 9.89. The second-order valence-electron chi connectivity index (χ2n) is 6.31. The van der Waals surface area contributed by atoms with Gasteiger partial charge in [0.25, 0.3) is 0 Å². The highest BCUT2D eigenvalue weighted by molar-refractivity contribution is 4.88. The smallest absolute Gasteiger partial charge is 0.0113 e. The summed E-state index contributed by atoms with van der Waals surface area (Å²) in [7, 11) is 0. The highest BCUT2D eigenvalue weighted by Gasteiger charge is 2.32. The summed E-state index contributed by atoms with van der Waals surface area (Å²) < 4.78 is 0. The van der Waals surface area contributed by atoms with Crippen LogP contribution in [-0.4, -0.2) is 61.7 Å². The minimum atomic E-state index is 0.526. The number of nitrogens with one attached hydrogen (secondary N) is 1. The summed E-state index contributed by atoms with van der Waals surface area (Å²) in [4.78, 5) is 5.32. The fraction of sp³-hybridized carbons (Fsp3) is 1.00. The van der Waals surface area contributed by atoms with Crippen molar-refractivity contribution in [3.63, 3.8) is 0 Å². The molecule has 2 aliphatic rings. The Kier molecular flexibility index (Phi) is 4.45. The first-order valence-corrected chi connectivity index (χ1v) is 7.30. The van der Waals surface area contributed by atoms with E-state index in [-0.39, 0.29) is 0 Å². The summed E-state index contributed by atoms with van der Waals surface area (Å²) >= 11 is 0. The van der Waals surface area contributed by atoms with Crippen LogP contribution in [0.2, 0.25) is 0 Å². The Balaban J connectivity index is 1.75. The molecule has 3 heteroatoms. The molecule has 0 aromatic heterocycles. The van der Waals surface area contributed by atoms with Crippen molar-refractivity contribution in [1.29, 1.82) is 0 Å². The van der Waals surface area contributed by atoms with Crippen LogP contribution >= 0.6 is 0 Å². The molecule has 0 saturated carbocycles. The van der Waals surface area contributed by atoms with Crippen molar-refractivity contribution in [2.45, 2.75) is 39.7 Å². The van der Waals surface area contributed by atoms with Gasteiger partial charge in [-0.1, -0.05) is 13.8 Å². The lowest BCUT2D eigenvalue weighted by Gasteiger charge is -2.40. The lowest BCUT2D eigenvalue weighted by Crippen LogP contribution is -2.51. The van der Waals surface area contributed by atoms with Crippen molar-refractivity contribution >= 4 is 0 Å². The van der Waals surface area contributed by atoms with E-state index in [4.69, 9.17) is 0 Å². The summed E-state index contributed by atoms with van der Waals surface area (Å²) in [5.74, 6) is 0. The third kappa shape index (κ3) is 3.43. The average molecular weight is 239 g/mol. The van der Waals surface area contributed by atoms with E-state index in [2.05, 4.69) is 35.9 Å². The van der Waals surface area contributed by atoms with Gasteiger partial charge in [0.1, 0.15) is 0 Å². The van der Waals surface area contributed by atoms with E-state index >= 15 is 0 Å². The van der Waals surface area contributed by atoms with Gasteiger partial charge in [-0.3, -0.25) is 4.90 Å². The van der Waals surface area contributed by atoms with Crippen LogP contribution in [0.5, 0.6) is 0 Å². The normalized spacial score (nSPS) is 34.1. The minimum Gasteiger partial charge on any atom is -0.316 e. The molecule has 2 heterocycles. The summed E-state index contributed by atoms with van der Waals surface area (Å²) in [5.41, 5.74) is 0.526. The Morgan fingerprint density at radius 3 is 2.47 bits per heavy atom. The summed E-state index contributed by atoms with van der Waals surface area (Å²) in [5, 5.41) is 3.50. The number of hydrogen-bond acceptors (Lipinski definition) is 3. The molecule has 2 unspecified atom stereocenters. The van der Waals surface area contributed by atoms with E-state index in [0.717, 1.165) is 6.04 Å². The topological polar surface area (TPSA) is 18.5 Å². The van der Waals surface area contributed by atoms with Crippen LogP contribution in [0, 0.1) is 5.41 Å². The molecule has 3 nitrogen and oxygen atoms in total. The van der Waals surface area contributed by atoms with Crippen molar-refractivity contribution in [1.82, 2.24) is 15.1 Å². The predicted molar refractivity (Wildman–Crippen MR) is 73.4 cm³/mol. The Morgan fingerprint density at radius 2 is 1.94 bits per heavy atom. The van der Waals surface area contributed by atoms with E-state index < -0.39 is 0 Å². The lowest BCUT2D eigenvalue weighted by molar-refractivity contribution is 0.0752. The van der Waals surface area contributed by atoms with E-state index in [9.17, 15) is 0 Å². The molecule has 1 N–H and O–H groups in total. The van der Waals surface area contributed by atoms with Gasteiger partial charge >= 0.3 is 0 Å². The first kappa shape index (κ1) is 13.3. The van der Waals surface area contributed by atoms with E-state index in [0.29, 0.717) is 5.41 Å². The highest BCUT2D eigenvalue weighted by Crippen LogP contribution is 2.26. The Morgan fingerprint density at radius 1 is 1.24 bits per heavy atom. The van der Waals surface area contributed by atoms with Crippen LogP contribution in [0.1, 0.15) is 33.6 Å². The van der Waals surface area contributed by atoms with Crippen molar-refractivity contribution in [2.75, 3.05) is 45.8 Å². The number of piperazine rings is 1. The molecule has 2 atom stereocenters. The summed E-state index contributed by atoms with van der Waals surface area (Å²) in [6.07, 6.45) is 2.63. The molecular weight excluding hydrogens is 210 g/mol. The second-order valence-corrected chi connectivity index (χ2v) is 6.31. The molecule has 0 aromatic rings. The predicted octanol–water partition coefficient (Wildman–Crippen LogP) is 1.40. The third-order valence-corrected chi connectivity index (χ3v) is 4.68. The van der Waals surface area contributed by atoms with Crippen LogP contribution in [0.4, 0.5) is 0 Å². The highest BCUT2D eigenvalue weighted by atomic mass is 15.3. The van der Waals surface area contributed by atoms with Crippen molar-refractivity contribution < 1.29 is 0 Å². The average Bonchev–Trinajstić information content (AvgIpc) is 2.76. The Bertz CT molecular complexity index is 228.